The molecule has 0 aromatic carbocycles. The quantitative estimate of drug-likeness (QED) is 0.552. The molecule has 4 N–H and O–H groups in total. The molecule has 2 aromatic rings. The lowest BCUT2D eigenvalue weighted by molar-refractivity contribution is 0.0259. The van der Waals surface area contributed by atoms with Gasteiger partial charge in [-0.05, 0) is 34.6 Å². The van der Waals surface area contributed by atoms with Gasteiger partial charge in [-0.25, -0.2) is 9.97 Å². The largest absolute Gasteiger partial charge is 0.368 e. The Labute approximate surface area is 129 Å². The summed E-state index contributed by atoms with van der Waals surface area (Å²) in [5.41, 5.74) is 6.89. The number of nitrogen functional groups attached to an aromatic ring is 1. The van der Waals surface area contributed by atoms with E-state index in [1.165, 1.54) is 5.82 Å². The van der Waals surface area contributed by atoms with Crippen LogP contribution >= 0.6 is 24.3 Å². The highest BCUT2D eigenvalue weighted by atomic mass is 79.9. The van der Waals surface area contributed by atoms with E-state index in [-0.39, 0.29) is 18.3 Å². The smallest absolute Gasteiger partial charge is 0.223 e. The average molecular weight is 374 g/mol. The summed E-state index contributed by atoms with van der Waals surface area (Å²) < 4.78 is 8.21. The Bertz CT molecular complexity index is 692. The van der Waals surface area contributed by atoms with Crippen LogP contribution in [0.2, 0.25) is 0 Å². The molecule has 0 spiro atoms. The van der Waals surface area contributed by atoms with Crippen LogP contribution in [0.3, 0.4) is 0 Å². The van der Waals surface area contributed by atoms with Crippen LogP contribution in [0, 0.1) is 0 Å². The molecular formula is C11H13BrN5O3P. The SMILES string of the molecule is Nc1nc(Br)c2ncn(C3CCC(/C=C/P(O)O)O3)c2n1. The number of rotatable bonds is 3. The molecule has 0 bridgehead atoms. The van der Waals surface area contributed by atoms with E-state index < -0.39 is 8.38 Å². The first-order valence-electron chi connectivity index (χ1n) is 6.21. The molecule has 112 valence electrons. The summed E-state index contributed by atoms with van der Waals surface area (Å²) >= 11 is 3.31. The number of ether oxygens (including phenoxy) is 1. The van der Waals surface area contributed by atoms with Gasteiger partial charge < -0.3 is 20.3 Å². The maximum atomic E-state index is 8.89. The van der Waals surface area contributed by atoms with E-state index in [1.54, 1.807) is 12.4 Å². The highest BCUT2D eigenvalue weighted by Crippen LogP contribution is 2.34. The Kier molecular flexibility index (Phi) is 4.19. The van der Waals surface area contributed by atoms with Crippen molar-refractivity contribution in [1.82, 2.24) is 19.5 Å². The third kappa shape index (κ3) is 3.07. The number of nitrogens with zero attached hydrogens (tertiary/aromatic N) is 4. The number of nitrogens with two attached hydrogens (primary N) is 1. The second-order valence-electron chi connectivity index (χ2n) is 4.57. The fourth-order valence-corrected chi connectivity index (χ4v) is 3.08. The summed E-state index contributed by atoms with van der Waals surface area (Å²) in [5, 5.41) is 0. The van der Waals surface area contributed by atoms with Crippen molar-refractivity contribution in [3.8, 4) is 0 Å². The van der Waals surface area contributed by atoms with Crippen LogP contribution < -0.4 is 5.73 Å². The molecule has 2 aromatic heterocycles. The molecule has 8 nitrogen and oxygen atoms in total. The minimum absolute atomic E-state index is 0.153. The first-order chi connectivity index (χ1) is 10.0. The lowest BCUT2D eigenvalue weighted by atomic mass is 10.2. The standard InChI is InChI=1S/C11H13BrN5O3P/c12-9-8-10(16-11(13)15-9)17(5-14-8)7-2-1-6(20-7)3-4-21(18)19/h3-7,18-19H,1-2H2,(H2,13,15,16)/b4-3+. The number of hydrogen-bond acceptors (Lipinski definition) is 7. The fourth-order valence-electron chi connectivity index (χ4n) is 2.27. The minimum atomic E-state index is -2.04. The van der Waals surface area contributed by atoms with E-state index in [0.717, 1.165) is 12.8 Å². The van der Waals surface area contributed by atoms with Crippen molar-refractivity contribution in [2.45, 2.75) is 25.2 Å². The fraction of sp³-hybridized carbons (Fsp3) is 0.364. The Morgan fingerprint density at radius 3 is 3.00 bits per heavy atom. The first-order valence-corrected chi connectivity index (χ1v) is 8.32. The van der Waals surface area contributed by atoms with Gasteiger partial charge in [0.15, 0.2) is 14.0 Å². The monoisotopic (exact) mass is 373 g/mol. The molecule has 2 atom stereocenters. The third-order valence-electron chi connectivity index (χ3n) is 3.17. The van der Waals surface area contributed by atoms with Crippen molar-refractivity contribution >= 4 is 41.4 Å². The van der Waals surface area contributed by atoms with Crippen molar-refractivity contribution in [2.75, 3.05) is 5.73 Å². The van der Waals surface area contributed by atoms with E-state index in [0.29, 0.717) is 15.8 Å². The molecule has 21 heavy (non-hydrogen) atoms. The van der Waals surface area contributed by atoms with Crippen LogP contribution in [0.25, 0.3) is 11.2 Å². The second-order valence-corrected chi connectivity index (χ2v) is 6.26. The van der Waals surface area contributed by atoms with E-state index in [1.807, 2.05) is 4.57 Å². The predicted octanol–water partition coefficient (Wildman–Crippen LogP) is 1.66. The highest BCUT2D eigenvalue weighted by Gasteiger charge is 2.27. The van der Waals surface area contributed by atoms with Crippen LogP contribution in [0.5, 0.6) is 0 Å². The predicted molar refractivity (Wildman–Crippen MR) is 81.1 cm³/mol. The van der Waals surface area contributed by atoms with Gasteiger partial charge in [0.25, 0.3) is 0 Å². The number of halogens is 1. The molecule has 3 heterocycles. The zero-order valence-corrected chi connectivity index (χ0v) is 13.3. The van der Waals surface area contributed by atoms with E-state index in [9.17, 15) is 0 Å². The lowest BCUT2D eigenvalue weighted by Crippen LogP contribution is -2.10. The summed E-state index contributed by atoms with van der Waals surface area (Å²) in [6.45, 7) is 0. The van der Waals surface area contributed by atoms with Gasteiger partial charge in [-0.2, -0.15) is 4.98 Å². The molecule has 0 aliphatic carbocycles. The van der Waals surface area contributed by atoms with E-state index in [2.05, 4.69) is 30.9 Å². The summed E-state index contributed by atoms with van der Waals surface area (Å²) in [4.78, 5) is 30.3. The molecule has 1 aliphatic rings. The summed E-state index contributed by atoms with van der Waals surface area (Å²) in [7, 11) is -2.04. The topological polar surface area (TPSA) is 119 Å². The number of imidazole rings is 1. The van der Waals surface area contributed by atoms with Crippen molar-refractivity contribution < 1.29 is 14.5 Å². The molecule has 1 aliphatic heterocycles. The van der Waals surface area contributed by atoms with Gasteiger partial charge in [-0.15, -0.1) is 0 Å². The van der Waals surface area contributed by atoms with E-state index >= 15 is 0 Å². The Balaban J connectivity index is 1.85. The van der Waals surface area contributed by atoms with Crippen molar-refractivity contribution in [1.29, 1.82) is 0 Å². The maximum Gasteiger partial charge on any atom is 0.223 e. The zero-order chi connectivity index (χ0) is 15.0. The lowest BCUT2D eigenvalue weighted by Gasteiger charge is -2.13. The van der Waals surface area contributed by atoms with E-state index in [4.69, 9.17) is 20.3 Å². The summed E-state index contributed by atoms with van der Waals surface area (Å²) in [5.74, 6) is 1.52. The first kappa shape index (κ1) is 14.8. The van der Waals surface area contributed by atoms with Gasteiger partial charge in [0, 0.05) is 0 Å². The van der Waals surface area contributed by atoms with Crippen LogP contribution in [0.1, 0.15) is 19.1 Å². The number of anilines is 1. The maximum absolute atomic E-state index is 8.89. The molecule has 10 heteroatoms. The number of aromatic nitrogens is 4. The molecular weight excluding hydrogens is 361 g/mol. The van der Waals surface area contributed by atoms with Crippen LogP contribution in [-0.4, -0.2) is 35.4 Å². The molecule has 0 amide bonds. The Morgan fingerprint density at radius 2 is 2.24 bits per heavy atom. The molecule has 1 saturated heterocycles. The Hall–Kier alpha value is -1.12. The van der Waals surface area contributed by atoms with Crippen LogP contribution in [-0.2, 0) is 4.74 Å². The normalized spacial score (nSPS) is 22.9. The third-order valence-corrected chi connectivity index (χ3v) is 4.16. The van der Waals surface area contributed by atoms with Crippen LogP contribution in [0.15, 0.2) is 22.8 Å². The van der Waals surface area contributed by atoms with Crippen molar-refractivity contribution in [3.63, 3.8) is 0 Å². The molecule has 2 unspecified atom stereocenters. The molecule has 3 rings (SSSR count). The number of hydrogen-bond donors (Lipinski definition) is 3. The average Bonchev–Trinajstić information content (AvgIpc) is 3.02. The van der Waals surface area contributed by atoms with Crippen LogP contribution in [0.4, 0.5) is 5.95 Å². The summed E-state index contributed by atoms with van der Waals surface area (Å²) in [6, 6.07) is 0. The molecule has 1 fully saturated rings. The van der Waals surface area contributed by atoms with Gasteiger partial charge in [0.05, 0.1) is 12.4 Å². The minimum Gasteiger partial charge on any atom is -0.368 e. The van der Waals surface area contributed by atoms with Gasteiger partial charge in [0.1, 0.15) is 16.3 Å². The van der Waals surface area contributed by atoms with Crippen molar-refractivity contribution in [3.05, 3.63) is 22.8 Å². The van der Waals surface area contributed by atoms with Gasteiger partial charge in [0.2, 0.25) is 5.95 Å². The zero-order valence-electron chi connectivity index (χ0n) is 10.8. The van der Waals surface area contributed by atoms with Gasteiger partial charge in [-0.1, -0.05) is 6.08 Å². The molecule has 0 radical (unpaired) electrons. The van der Waals surface area contributed by atoms with Crippen molar-refractivity contribution in [2.24, 2.45) is 0 Å². The highest BCUT2D eigenvalue weighted by molar-refractivity contribution is 9.10. The summed E-state index contributed by atoms with van der Waals surface area (Å²) in [6.07, 6.45) is 4.51. The second kappa shape index (κ2) is 5.94. The number of fused-ring (bicyclic) bond motifs is 1. The van der Waals surface area contributed by atoms with Gasteiger partial charge >= 0.3 is 0 Å². The molecule has 0 saturated carbocycles. The Morgan fingerprint density at radius 1 is 1.43 bits per heavy atom. The van der Waals surface area contributed by atoms with Gasteiger partial charge in [-0.3, -0.25) is 4.57 Å².